The fraction of sp³-hybridized carbons (Fsp3) is 0.435. The average Bonchev–Trinajstić information content (AvgIpc) is 2.94. The van der Waals surface area contributed by atoms with Crippen molar-refractivity contribution in [1.82, 2.24) is 19.2 Å². The van der Waals surface area contributed by atoms with Gasteiger partial charge in [0.25, 0.3) is 5.56 Å². The Kier molecular flexibility index (Phi) is 4.81. The molecule has 0 spiro atoms. The van der Waals surface area contributed by atoms with Crippen LogP contribution in [0.2, 0.25) is 0 Å². The number of nitrogens with zero attached hydrogens (tertiary/aromatic N) is 4. The van der Waals surface area contributed by atoms with E-state index >= 15 is 0 Å². The van der Waals surface area contributed by atoms with Gasteiger partial charge in [-0.3, -0.25) is 9.59 Å². The van der Waals surface area contributed by atoms with Gasteiger partial charge >= 0.3 is 0 Å². The quantitative estimate of drug-likeness (QED) is 0.686. The molecule has 0 radical (unpaired) electrons. The minimum absolute atomic E-state index is 0.0847. The molecule has 0 saturated carbocycles. The van der Waals surface area contributed by atoms with Crippen LogP contribution in [0.4, 0.5) is 0 Å². The van der Waals surface area contributed by atoms with Crippen LogP contribution >= 0.6 is 0 Å². The van der Waals surface area contributed by atoms with Crippen molar-refractivity contribution < 1.29 is 4.79 Å². The van der Waals surface area contributed by atoms with E-state index in [-0.39, 0.29) is 22.8 Å². The Morgan fingerprint density at radius 2 is 1.86 bits per heavy atom. The maximum Gasteiger partial charge on any atom is 0.266 e. The van der Waals surface area contributed by atoms with Gasteiger partial charge in [0, 0.05) is 54.6 Å². The molecule has 1 aliphatic heterocycles. The van der Waals surface area contributed by atoms with Crippen LogP contribution in [0.5, 0.6) is 0 Å². The molecular weight excluding hydrogens is 364 g/mol. The van der Waals surface area contributed by atoms with Gasteiger partial charge < -0.3 is 9.47 Å². The number of hydrogen-bond donors (Lipinski definition) is 0. The normalized spacial score (nSPS) is 15.0. The van der Waals surface area contributed by atoms with E-state index in [9.17, 15) is 9.59 Å². The molecule has 1 saturated heterocycles. The zero-order valence-corrected chi connectivity index (χ0v) is 17.6. The first-order valence-corrected chi connectivity index (χ1v) is 10.1. The number of benzene rings is 1. The highest BCUT2D eigenvalue weighted by atomic mass is 16.2. The van der Waals surface area contributed by atoms with Crippen LogP contribution in [0, 0.1) is 5.92 Å². The maximum absolute atomic E-state index is 12.7. The number of hydrogen-bond acceptors (Lipinski definition) is 3. The second-order valence-electron chi connectivity index (χ2n) is 9.11. The predicted molar refractivity (Wildman–Crippen MR) is 114 cm³/mol. The van der Waals surface area contributed by atoms with Crippen molar-refractivity contribution >= 4 is 16.8 Å². The van der Waals surface area contributed by atoms with E-state index in [4.69, 9.17) is 0 Å². The number of aromatic nitrogens is 3. The zero-order chi connectivity index (χ0) is 20.8. The third kappa shape index (κ3) is 3.84. The lowest BCUT2D eigenvalue weighted by Crippen LogP contribution is -2.52. The summed E-state index contributed by atoms with van der Waals surface area (Å²) in [5.74, 6) is 0.410. The van der Waals surface area contributed by atoms with E-state index in [0.29, 0.717) is 26.1 Å². The number of amides is 1. The van der Waals surface area contributed by atoms with Gasteiger partial charge in [0.2, 0.25) is 5.91 Å². The van der Waals surface area contributed by atoms with E-state index < -0.39 is 0 Å². The summed E-state index contributed by atoms with van der Waals surface area (Å²) in [6.07, 6.45) is 2.45. The molecule has 6 nitrogen and oxygen atoms in total. The smallest absolute Gasteiger partial charge is 0.266 e. The standard InChI is InChI=1S/C23H28N4O2/c1-23(2,3)20-9-10-21(28)27(24-20)14-16-12-26(13-16)22(29)11-17-15-25(4)19-8-6-5-7-18(17)19/h5-10,15-16H,11-14H2,1-4H3. The Bertz CT molecular complexity index is 1110. The minimum Gasteiger partial charge on any atom is -0.350 e. The lowest BCUT2D eigenvalue weighted by atomic mass is 9.92. The van der Waals surface area contributed by atoms with Crippen LogP contribution in [0.1, 0.15) is 32.0 Å². The van der Waals surface area contributed by atoms with Crippen molar-refractivity contribution in [3.05, 3.63) is 64.2 Å². The summed E-state index contributed by atoms with van der Waals surface area (Å²) in [6.45, 7) is 8.17. The lowest BCUT2D eigenvalue weighted by molar-refractivity contribution is -0.137. The molecule has 6 heteroatoms. The Morgan fingerprint density at radius 3 is 2.59 bits per heavy atom. The Balaban J connectivity index is 1.39. The molecule has 3 heterocycles. The van der Waals surface area contributed by atoms with E-state index in [1.165, 1.54) is 0 Å². The van der Waals surface area contributed by atoms with Gasteiger partial charge in [-0.25, -0.2) is 4.68 Å². The summed E-state index contributed by atoms with van der Waals surface area (Å²) in [7, 11) is 2.01. The van der Waals surface area contributed by atoms with E-state index in [2.05, 4.69) is 42.6 Å². The highest BCUT2D eigenvalue weighted by Crippen LogP contribution is 2.24. The summed E-state index contributed by atoms with van der Waals surface area (Å²) in [4.78, 5) is 26.8. The number of likely N-dealkylation sites (tertiary alicyclic amines) is 1. The molecule has 1 aliphatic rings. The fourth-order valence-corrected chi connectivity index (χ4v) is 3.95. The molecule has 1 fully saturated rings. The Labute approximate surface area is 170 Å². The summed E-state index contributed by atoms with van der Waals surface area (Å²) < 4.78 is 3.62. The molecule has 2 aromatic heterocycles. The highest BCUT2D eigenvalue weighted by molar-refractivity contribution is 5.89. The lowest BCUT2D eigenvalue weighted by Gasteiger charge is -2.39. The molecule has 1 amide bonds. The fourth-order valence-electron chi connectivity index (χ4n) is 3.95. The number of carbonyl (C=O) groups is 1. The third-order valence-electron chi connectivity index (χ3n) is 5.70. The number of rotatable bonds is 4. The maximum atomic E-state index is 12.7. The molecule has 0 atom stereocenters. The molecule has 29 heavy (non-hydrogen) atoms. The van der Waals surface area contributed by atoms with Crippen LogP contribution in [0.25, 0.3) is 10.9 Å². The van der Waals surface area contributed by atoms with Gasteiger partial charge in [0.15, 0.2) is 0 Å². The zero-order valence-electron chi connectivity index (χ0n) is 17.6. The topological polar surface area (TPSA) is 60.1 Å². The first kappa shape index (κ1) is 19.4. The molecule has 4 rings (SSSR count). The van der Waals surface area contributed by atoms with Crippen LogP contribution < -0.4 is 5.56 Å². The number of para-hydroxylation sites is 1. The largest absolute Gasteiger partial charge is 0.350 e. The number of fused-ring (bicyclic) bond motifs is 1. The summed E-state index contributed by atoms with van der Waals surface area (Å²) >= 11 is 0. The molecule has 0 unspecified atom stereocenters. The summed E-state index contributed by atoms with van der Waals surface area (Å²) in [6, 6.07) is 11.6. The predicted octanol–water partition coefficient (Wildman–Crippen LogP) is 2.73. The van der Waals surface area contributed by atoms with Gasteiger partial charge in [-0.2, -0.15) is 5.10 Å². The monoisotopic (exact) mass is 392 g/mol. The summed E-state index contributed by atoms with van der Waals surface area (Å²) in [5, 5.41) is 5.67. The van der Waals surface area contributed by atoms with Gasteiger partial charge in [0.05, 0.1) is 18.7 Å². The second kappa shape index (κ2) is 7.17. The summed E-state index contributed by atoms with van der Waals surface area (Å²) in [5.41, 5.74) is 2.92. The van der Waals surface area contributed by atoms with Gasteiger partial charge in [0.1, 0.15) is 0 Å². The minimum atomic E-state index is -0.102. The molecular formula is C23H28N4O2. The first-order valence-electron chi connectivity index (χ1n) is 10.1. The van der Waals surface area contributed by atoms with Crippen LogP contribution in [-0.4, -0.2) is 38.2 Å². The SMILES string of the molecule is Cn1cc(CC(=O)N2CC(Cn3nc(C(C)(C)C)ccc3=O)C2)c2ccccc21. The van der Waals surface area contributed by atoms with Crippen molar-refractivity contribution in [3.8, 4) is 0 Å². The van der Waals surface area contributed by atoms with Gasteiger partial charge in [-0.05, 0) is 17.7 Å². The molecule has 0 bridgehead atoms. The molecule has 0 aliphatic carbocycles. The molecule has 3 aromatic rings. The number of aryl methyl sites for hydroxylation is 1. The molecule has 0 N–H and O–H groups in total. The van der Waals surface area contributed by atoms with Crippen molar-refractivity contribution in [2.75, 3.05) is 13.1 Å². The third-order valence-corrected chi connectivity index (χ3v) is 5.70. The van der Waals surface area contributed by atoms with Crippen molar-refractivity contribution in [2.45, 2.75) is 39.2 Å². The van der Waals surface area contributed by atoms with Crippen LogP contribution in [0.15, 0.2) is 47.4 Å². The highest BCUT2D eigenvalue weighted by Gasteiger charge is 2.31. The Hall–Kier alpha value is -2.89. The van der Waals surface area contributed by atoms with E-state index in [1.807, 2.05) is 30.3 Å². The van der Waals surface area contributed by atoms with E-state index in [1.54, 1.807) is 16.8 Å². The van der Waals surface area contributed by atoms with Crippen molar-refractivity contribution in [2.24, 2.45) is 13.0 Å². The van der Waals surface area contributed by atoms with Crippen molar-refractivity contribution in [3.63, 3.8) is 0 Å². The van der Waals surface area contributed by atoms with Gasteiger partial charge in [-0.15, -0.1) is 0 Å². The average molecular weight is 393 g/mol. The Morgan fingerprint density at radius 1 is 1.14 bits per heavy atom. The number of carbonyl (C=O) groups excluding carboxylic acids is 1. The van der Waals surface area contributed by atoms with Crippen molar-refractivity contribution in [1.29, 1.82) is 0 Å². The molecule has 152 valence electrons. The molecule has 1 aromatic carbocycles. The van der Waals surface area contributed by atoms with Crippen LogP contribution in [-0.2, 0) is 30.2 Å². The first-order chi connectivity index (χ1) is 13.7. The van der Waals surface area contributed by atoms with Crippen LogP contribution in [0.3, 0.4) is 0 Å². The van der Waals surface area contributed by atoms with E-state index in [0.717, 1.165) is 22.2 Å². The second-order valence-corrected chi connectivity index (χ2v) is 9.11. The van der Waals surface area contributed by atoms with Gasteiger partial charge in [-0.1, -0.05) is 39.0 Å².